The van der Waals surface area contributed by atoms with Gasteiger partial charge >= 0.3 is 12.1 Å². The van der Waals surface area contributed by atoms with Gasteiger partial charge in [0.05, 0.1) is 12.0 Å². The second-order valence-electron chi connectivity index (χ2n) is 12.4. The van der Waals surface area contributed by atoms with Crippen LogP contribution >= 0.6 is 0 Å². The van der Waals surface area contributed by atoms with Gasteiger partial charge in [0.25, 0.3) is 0 Å². The average Bonchev–Trinajstić information content (AvgIpc) is 3.14. The zero-order valence-corrected chi connectivity index (χ0v) is 22.6. The number of nitrogens with one attached hydrogen (secondary N) is 3. The summed E-state index contributed by atoms with van der Waals surface area (Å²) in [7, 11) is 0. The predicted molar refractivity (Wildman–Crippen MR) is 134 cm³/mol. The Labute approximate surface area is 228 Å². The van der Waals surface area contributed by atoms with Crippen LogP contribution in [0.2, 0.25) is 0 Å². The van der Waals surface area contributed by atoms with Gasteiger partial charge in [0.15, 0.2) is 0 Å². The fourth-order valence-electron chi connectivity index (χ4n) is 6.01. The van der Waals surface area contributed by atoms with E-state index in [2.05, 4.69) is 10.6 Å². The quantitative estimate of drug-likeness (QED) is 0.457. The van der Waals surface area contributed by atoms with E-state index in [9.17, 15) is 42.0 Å². The van der Waals surface area contributed by atoms with Crippen molar-refractivity contribution in [1.82, 2.24) is 15.5 Å². The molecule has 3 N–H and O–H groups in total. The molecule has 0 spiro atoms. The van der Waals surface area contributed by atoms with E-state index in [4.69, 9.17) is 0 Å². The van der Waals surface area contributed by atoms with Crippen molar-refractivity contribution in [3.8, 4) is 6.07 Å². The van der Waals surface area contributed by atoms with Crippen LogP contribution in [0.4, 0.5) is 23.2 Å². The SMILES string of the molecule is CC(C)(C)[C@H](NC(=O)C(F)(F)F)C(=O)N1C[C@H]2[C@H]([C@H]1C(=O)N[C@H](C#N)CC1C(=O)Nc3ccc(F)cc31)C2(C)C. The summed E-state index contributed by atoms with van der Waals surface area (Å²) in [4.78, 5) is 52.6. The molecule has 40 heavy (non-hydrogen) atoms. The van der Waals surface area contributed by atoms with Crippen LogP contribution in [0.25, 0.3) is 0 Å². The van der Waals surface area contributed by atoms with Gasteiger partial charge in [0.2, 0.25) is 17.7 Å². The van der Waals surface area contributed by atoms with Gasteiger partial charge in [-0.15, -0.1) is 0 Å². The van der Waals surface area contributed by atoms with Crippen molar-refractivity contribution in [2.75, 3.05) is 11.9 Å². The van der Waals surface area contributed by atoms with Crippen LogP contribution in [0, 0.1) is 39.8 Å². The summed E-state index contributed by atoms with van der Waals surface area (Å²) in [6, 6.07) is 1.87. The zero-order chi connectivity index (χ0) is 29.9. The minimum absolute atomic E-state index is 0.0952. The molecule has 2 heterocycles. The van der Waals surface area contributed by atoms with Gasteiger partial charge in [-0.2, -0.15) is 18.4 Å². The van der Waals surface area contributed by atoms with Crippen LogP contribution in [-0.4, -0.2) is 59.4 Å². The summed E-state index contributed by atoms with van der Waals surface area (Å²) >= 11 is 0. The molecule has 1 aromatic carbocycles. The molecule has 13 heteroatoms. The van der Waals surface area contributed by atoms with Crippen molar-refractivity contribution in [2.24, 2.45) is 22.7 Å². The Kier molecular flexibility index (Phi) is 7.14. The summed E-state index contributed by atoms with van der Waals surface area (Å²) in [5, 5.41) is 16.8. The number of carbonyl (C=O) groups is 4. The number of rotatable bonds is 6. The number of anilines is 1. The van der Waals surface area contributed by atoms with Crippen molar-refractivity contribution in [3.63, 3.8) is 0 Å². The number of hydrogen-bond acceptors (Lipinski definition) is 5. The number of benzene rings is 1. The van der Waals surface area contributed by atoms with Crippen molar-refractivity contribution in [3.05, 3.63) is 29.6 Å². The van der Waals surface area contributed by atoms with Gasteiger partial charge in [-0.05, 0) is 52.8 Å². The van der Waals surface area contributed by atoms with E-state index in [0.29, 0.717) is 11.3 Å². The molecule has 1 aromatic rings. The third-order valence-electron chi connectivity index (χ3n) is 8.31. The lowest BCUT2D eigenvalue weighted by atomic mass is 9.85. The first-order chi connectivity index (χ1) is 18.4. The largest absolute Gasteiger partial charge is 0.471 e. The molecule has 3 aliphatic rings. The Hall–Kier alpha value is -3.69. The third kappa shape index (κ3) is 5.23. The lowest BCUT2D eigenvalue weighted by Gasteiger charge is -2.37. The summed E-state index contributed by atoms with van der Waals surface area (Å²) < 4.78 is 52.9. The highest BCUT2D eigenvalue weighted by atomic mass is 19.4. The highest BCUT2D eigenvalue weighted by Gasteiger charge is 2.70. The van der Waals surface area contributed by atoms with E-state index in [1.807, 2.05) is 19.9 Å². The van der Waals surface area contributed by atoms with Crippen LogP contribution in [0.3, 0.4) is 0 Å². The third-order valence-corrected chi connectivity index (χ3v) is 8.31. The van der Waals surface area contributed by atoms with Crippen LogP contribution in [-0.2, 0) is 19.2 Å². The molecule has 4 amide bonds. The van der Waals surface area contributed by atoms with Gasteiger partial charge in [-0.25, -0.2) is 4.39 Å². The van der Waals surface area contributed by atoms with E-state index in [1.54, 1.807) is 5.32 Å². The van der Waals surface area contributed by atoms with Crippen molar-refractivity contribution >= 4 is 29.3 Å². The zero-order valence-electron chi connectivity index (χ0n) is 22.6. The molecule has 0 aromatic heterocycles. The second-order valence-corrected chi connectivity index (χ2v) is 12.4. The maximum Gasteiger partial charge on any atom is 0.471 e. The molecule has 1 unspecified atom stereocenters. The van der Waals surface area contributed by atoms with Crippen LogP contribution in [0.15, 0.2) is 18.2 Å². The van der Waals surface area contributed by atoms with Crippen LogP contribution in [0.1, 0.15) is 52.5 Å². The number of hydrogen-bond donors (Lipinski definition) is 3. The molecular formula is C27H31F4N5O4. The van der Waals surface area contributed by atoms with E-state index in [-0.39, 0.29) is 30.2 Å². The standard InChI is InChI=1S/C27H31F4N5O4/c1-25(2,3)20(35-24(40)27(29,30)31)23(39)36-11-16-18(26(16,4)5)19(36)22(38)33-13(10-32)9-15-14-8-12(28)6-7-17(14)34-21(15)37/h6-8,13,15-16,18-20H,9,11H2,1-5H3,(H,33,38)(H,34,37)(H,35,40)/t13-,15?,16-,18+,19-,20+/m0/s1. The van der Waals surface area contributed by atoms with Crippen LogP contribution < -0.4 is 16.0 Å². The van der Waals surface area contributed by atoms with Gasteiger partial charge in [-0.3, -0.25) is 19.2 Å². The fraction of sp³-hybridized carbons (Fsp3) is 0.593. The monoisotopic (exact) mass is 565 g/mol. The lowest BCUT2D eigenvalue weighted by molar-refractivity contribution is -0.176. The first-order valence-corrected chi connectivity index (χ1v) is 12.9. The molecule has 9 nitrogen and oxygen atoms in total. The maximum absolute atomic E-state index is 13.8. The number of halogens is 4. The van der Waals surface area contributed by atoms with Crippen molar-refractivity contribution in [1.29, 1.82) is 5.26 Å². The Bertz CT molecular complexity index is 1300. The van der Waals surface area contributed by atoms with E-state index in [0.717, 1.165) is 0 Å². The number of fused-ring (bicyclic) bond motifs is 2. The smallest absolute Gasteiger partial charge is 0.339 e. The van der Waals surface area contributed by atoms with Crippen LogP contribution in [0.5, 0.6) is 0 Å². The minimum Gasteiger partial charge on any atom is -0.339 e. The highest BCUT2D eigenvalue weighted by Crippen LogP contribution is 2.65. The Morgan fingerprint density at radius 2 is 1.85 bits per heavy atom. The molecule has 0 bridgehead atoms. The maximum atomic E-state index is 13.8. The number of carbonyl (C=O) groups excluding carboxylic acids is 4. The minimum atomic E-state index is -5.20. The molecule has 2 fully saturated rings. The summed E-state index contributed by atoms with van der Waals surface area (Å²) in [6.07, 6.45) is -5.36. The number of amides is 4. The average molecular weight is 566 g/mol. The number of nitriles is 1. The van der Waals surface area contributed by atoms with Gasteiger partial charge in [-0.1, -0.05) is 34.6 Å². The number of piperidine rings is 1. The Morgan fingerprint density at radius 3 is 2.42 bits per heavy atom. The summed E-state index contributed by atoms with van der Waals surface area (Å²) in [5.74, 6) is -6.13. The van der Waals surface area contributed by atoms with E-state index in [1.165, 1.54) is 43.9 Å². The molecule has 216 valence electrons. The molecule has 4 rings (SSSR count). The fourth-order valence-corrected chi connectivity index (χ4v) is 6.01. The summed E-state index contributed by atoms with van der Waals surface area (Å²) in [5.41, 5.74) is -0.692. The summed E-state index contributed by atoms with van der Waals surface area (Å²) in [6.45, 7) is 8.42. The molecule has 6 atom stereocenters. The van der Waals surface area contributed by atoms with E-state index < -0.39 is 65.1 Å². The number of nitrogens with zero attached hydrogens (tertiary/aromatic N) is 2. The molecule has 1 saturated carbocycles. The van der Waals surface area contributed by atoms with E-state index >= 15 is 0 Å². The first-order valence-electron chi connectivity index (χ1n) is 12.9. The van der Waals surface area contributed by atoms with Crippen molar-refractivity contribution < 1.29 is 36.7 Å². The molecule has 1 saturated heterocycles. The Morgan fingerprint density at radius 1 is 1.20 bits per heavy atom. The van der Waals surface area contributed by atoms with Gasteiger partial charge in [0, 0.05) is 12.2 Å². The van der Waals surface area contributed by atoms with Gasteiger partial charge < -0.3 is 20.9 Å². The molecule has 0 radical (unpaired) electrons. The topological polar surface area (TPSA) is 131 Å². The molecular weight excluding hydrogens is 534 g/mol. The lowest BCUT2D eigenvalue weighted by Crippen LogP contribution is -2.61. The molecule has 2 aliphatic heterocycles. The normalized spacial score (nSPS) is 26.1. The molecule has 1 aliphatic carbocycles. The second kappa shape index (κ2) is 9.74. The Balaban J connectivity index is 1.55. The number of likely N-dealkylation sites (tertiary alicyclic amines) is 1. The highest BCUT2D eigenvalue weighted by molar-refractivity contribution is 6.03. The van der Waals surface area contributed by atoms with Gasteiger partial charge in [0.1, 0.15) is 23.9 Å². The predicted octanol–water partition coefficient (Wildman–Crippen LogP) is 2.84. The number of alkyl halides is 3. The van der Waals surface area contributed by atoms with Crippen molar-refractivity contribution in [2.45, 2.75) is 71.3 Å². The first kappa shape index (κ1) is 29.3.